The number of benzene rings is 1. The third-order valence-electron chi connectivity index (χ3n) is 4.00. The minimum Gasteiger partial charge on any atom is -0.355 e. The van der Waals surface area contributed by atoms with E-state index in [-0.39, 0.29) is 0 Å². The van der Waals surface area contributed by atoms with Crippen molar-refractivity contribution < 1.29 is 0 Å². The van der Waals surface area contributed by atoms with E-state index in [2.05, 4.69) is 50.3 Å². The number of nitrogens with zero attached hydrogens (tertiary/aromatic N) is 3. The van der Waals surface area contributed by atoms with Gasteiger partial charge in [0.05, 0.1) is 5.52 Å². The quantitative estimate of drug-likeness (QED) is 0.777. The molecule has 1 N–H and O–H groups in total. The van der Waals surface area contributed by atoms with Gasteiger partial charge >= 0.3 is 0 Å². The molecule has 3 aromatic rings. The summed E-state index contributed by atoms with van der Waals surface area (Å²) in [7, 11) is 0. The zero-order valence-corrected chi connectivity index (χ0v) is 11.9. The van der Waals surface area contributed by atoms with Crippen molar-refractivity contribution >= 4 is 16.9 Å². The molecule has 0 unspecified atom stereocenters. The molecule has 0 atom stereocenters. The van der Waals surface area contributed by atoms with E-state index in [1.54, 1.807) is 0 Å². The van der Waals surface area contributed by atoms with E-state index in [0.717, 1.165) is 24.4 Å². The number of nitrogens with one attached hydrogen (secondary N) is 1. The van der Waals surface area contributed by atoms with Crippen LogP contribution in [0.5, 0.6) is 0 Å². The molecule has 1 aliphatic carbocycles. The summed E-state index contributed by atoms with van der Waals surface area (Å²) >= 11 is 0. The summed E-state index contributed by atoms with van der Waals surface area (Å²) in [6.07, 6.45) is 9.31. The van der Waals surface area contributed by atoms with Gasteiger partial charge in [0.1, 0.15) is 0 Å². The van der Waals surface area contributed by atoms with Crippen LogP contribution in [-0.4, -0.2) is 21.1 Å². The minimum absolute atomic E-state index is 0.661. The van der Waals surface area contributed by atoms with Gasteiger partial charge in [-0.05, 0) is 30.9 Å². The van der Waals surface area contributed by atoms with E-state index in [9.17, 15) is 0 Å². The standard InChI is InChI=1S/C17H18N4/c1-3-13-5-2-9-18-16(13)14(4-1)8-10-19-17-20-11-12-21(17)15-6-7-15/h1-5,9,11-12,15H,6-8,10H2,(H,19,20). The van der Waals surface area contributed by atoms with Crippen LogP contribution in [0.1, 0.15) is 24.4 Å². The van der Waals surface area contributed by atoms with Gasteiger partial charge in [-0.1, -0.05) is 24.3 Å². The van der Waals surface area contributed by atoms with Crippen LogP contribution >= 0.6 is 0 Å². The lowest BCUT2D eigenvalue weighted by molar-refractivity contribution is 0.742. The van der Waals surface area contributed by atoms with Gasteiger partial charge in [0, 0.05) is 36.6 Å². The third kappa shape index (κ3) is 2.49. The molecule has 1 aromatic carbocycles. The molecule has 0 radical (unpaired) electrons. The molecule has 0 spiro atoms. The number of anilines is 1. The predicted molar refractivity (Wildman–Crippen MR) is 84.4 cm³/mol. The fraction of sp³-hybridized carbons (Fsp3) is 0.294. The average molecular weight is 278 g/mol. The fourth-order valence-electron chi connectivity index (χ4n) is 2.78. The maximum atomic E-state index is 4.50. The molecular formula is C17H18N4. The lowest BCUT2D eigenvalue weighted by Gasteiger charge is -2.09. The molecule has 4 rings (SSSR count). The van der Waals surface area contributed by atoms with Crippen molar-refractivity contribution in [2.75, 3.05) is 11.9 Å². The van der Waals surface area contributed by atoms with Gasteiger partial charge in [0.2, 0.25) is 5.95 Å². The molecule has 2 heterocycles. The highest BCUT2D eigenvalue weighted by atomic mass is 15.2. The van der Waals surface area contributed by atoms with Crippen molar-refractivity contribution in [1.82, 2.24) is 14.5 Å². The molecule has 0 bridgehead atoms. The molecule has 2 aromatic heterocycles. The molecule has 1 fully saturated rings. The smallest absolute Gasteiger partial charge is 0.203 e. The van der Waals surface area contributed by atoms with Crippen LogP contribution in [0.25, 0.3) is 10.9 Å². The van der Waals surface area contributed by atoms with Crippen LogP contribution in [0.2, 0.25) is 0 Å². The van der Waals surface area contributed by atoms with Crippen LogP contribution in [0.4, 0.5) is 5.95 Å². The molecule has 4 nitrogen and oxygen atoms in total. The van der Waals surface area contributed by atoms with Crippen molar-refractivity contribution in [3.63, 3.8) is 0 Å². The Balaban J connectivity index is 1.47. The first-order valence-corrected chi connectivity index (χ1v) is 7.51. The van der Waals surface area contributed by atoms with E-state index in [1.807, 2.05) is 18.5 Å². The predicted octanol–water partition coefficient (Wildman–Crippen LogP) is 3.42. The normalized spacial score (nSPS) is 14.5. The van der Waals surface area contributed by atoms with E-state index < -0.39 is 0 Å². The number of hydrogen-bond donors (Lipinski definition) is 1. The van der Waals surface area contributed by atoms with Crippen LogP contribution in [-0.2, 0) is 6.42 Å². The van der Waals surface area contributed by atoms with Gasteiger partial charge in [-0.15, -0.1) is 0 Å². The second kappa shape index (κ2) is 5.20. The van der Waals surface area contributed by atoms with Crippen LogP contribution in [0, 0.1) is 0 Å². The average Bonchev–Trinajstić information content (AvgIpc) is 3.27. The molecule has 4 heteroatoms. The maximum absolute atomic E-state index is 4.50. The van der Waals surface area contributed by atoms with Crippen molar-refractivity contribution in [3.8, 4) is 0 Å². The van der Waals surface area contributed by atoms with E-state index >= 15 is 0 Å². The molecular weight excluding hydrogens is 260 g/mol. The van der Waals surface area contributed by atoms with E-state index in [4.69, 9.17) is 0 Å². The Bertz CT molecular complexity index is 753. The Kier molecular flexibility index (Phi) is 3.07. The van der Waals surface area contributed by atoms with Crippen molar-refractivity contribution in [3.05, 3.63) is 54.5 Å². The highest BCUT2D eigenvalue weighted by molar-refractivity contribution is 5.81. The minimum atomic E-state index is 0.661. The van der Waals surface area contributed by atoms with Gasteiger partial charge in [-0.25, -0.2) is 4.98 Å². The Labute approximate surface area is 123 Å². The summed E-state index contributed by atoms with van der Waals surface area (Å²) in [4.78, 5) is 8.91. The van der Waals surface area contributed by atoms with Crippen LogP contribution < -0.4 is 5.32 Å². The van der Waals surface area contributed by atoms with Crippen LogP contribution in [0.3, 0.4) is 0 Å². The summed E-state index contributed by atoms with van der Waals surface area (Å²) in [6, 6.07) is 11.1. The summed E-state index contributed by atoms with van der Waals surface area (Å²) in [5, 5.41) is 4.66. The lowest BCUT2D eigenvalue weighted by atomic mass is 10.1. The first-order valence-electron chi connectivity index (χ1n) is 7.51. The van der Waals surface area contributed by atoms with Crippen LogP contribution in [0.15, 0.2) is 48.9 Å². The Morgan fingerprint density at radius 2 is 2.00 bits per heavy atom. The molecule has 0 aliphatic heterocycles. The van der Waals surface area contributed by atoms with Gasteiger partial charge in [0.25, 0.3) is 0 Å². The number of aromatic nitrogens is 3. The van der Waals surface area contributed by atoms with E-state index in [1.165, 1.54) is 23.8 Å². The number of pyridine rings is 1. The number of rotatable bonds is 5. The monoisotopic (exact) mass is 278 g/mol. The summed E-state index contributed by atoms with van der Waals surface area (Å²) in [5.74, 6) is 0.991. The molecule has 106 valence electrons. The summed E-state index contributed by atoms with van der Waals surface area (Å²) in [6.45, 7) is 0.874. The maximum Gasteiger partial charge on any atom is 0.203 e. The largest absolute Gasteiger partial charge is 0.355 e. The Morgan fingerprint density at radius 3 is 2.90 bits per heavy atom. The van der Waals surface area contributed by atoms with Gasteiger partial charge in [0.15, 0.2) is 0 Å². The number of hydrogen-bond acceptors (Lipinski definition) is 3. The van der Waals surface area contributed by atoms with Gasteiger partial charge < -0.3 is 9.88 Å². The first kappa shape index (κ1) is 12.4. The molecule has 21 heavy (non-hydrogen) atoms. The van der Waals surface area contributed by atoms with E-state index in [0.29, 0.717) is 6.04 Å². The zero-order valence-electron chi connectivity index (χ0n) is 11.9. The van der Waals surface area contributed by atoms with Gasteiger partial charge in [-0.3, -0.25) is 4.98 Å². The third-order valence-corrected chi connectivity index (χ3v) is 4.00. The highest BCUT2D eigenvalue weighted by Crippen LogP contribution is 2.36. The fourth-order valence-corrected chi connectivity index (χ4v) is 2.78. The summed E-state index contributed by atoms with van der Waals surface area (Å²) in [5.41, 5.74) is 2.39. The Hall–Kier alpha value is -2.36. The lowest BCUT2D eigenvalue weighted by Crippen LogP contribution is -2.10. The number of fused-ring (bicyclic) bond motifs is 1. The Morgan fingerprint density at radius 1 is 1.10 bits per heavy atom. The van der Waals surface area contributed by atoms with Crippen molar-refractivity contribution in [2.45, 2.75) is 25.3 Å². The zero-order chi connectivity index (χ0) is 14.1. The molecule has 0 amide bonds. The second-order valence-electron chi connectivity index (χ2n) is 5.56. The second-order valence-corrected chi connectivity index (χ2v) is 5.56. The SMILES string of the molecule is c1cnc2c(CCNc3nccn3C3CC3)cccc2c1. The van der Waals surface area contributed by atoms with Crippen molar-refractivity contribution in [2.24, 2.45) is 0 Å². The molecule has 1 aliphatic rings. The number of imidazole rings is 1. The first-order chi connectivity index (χ1) is 10.4. The number of para-hydroxylation sites is 1. The molecule has 1 saturated carbocycles. The van der Waals surface area contributed by atoms with Crippen molar-refractivity contribution in [1.29, 1.82) is 0 Å². The van der Waals surface area contributed by atoms with Gasteiger partial charge in [-0.2, -0.15) is 0 Å². The topological polar surface area (TPSA) is 42.7 Å². The molecule has 0 saturated heterocycles. The summed E-state index contributed by atoms with van der Waals surface area (Å²) < 4.78 is 2.25. The highest BCUT2D eigenvalue weighted by Gasteiger charge is 2.25.